The van der Waals surface area contributed by atoms with Crippen LogP contribution in [0.1, 0.15) is 18.9 Å². The van der Waals surface area contributed by atoms with Crippen LogP contribution in [0.5, 0.6) is 0 Å². The number of aliphatic hydroxyl groups is 1. The van der Waals surface area contributed by atoms with E-state index in [0.717, 1.165) is 12.1 Å². The number of hydrogen-bond donors (Lipinski definition) is 1. The van der Waals surface area contributed by atoms with Crippen LogP contribution in [0.15, 0.2) is 18.2 Å². The molecule has 0 amide bonds. The van der Waals surface area contributed by atoms with Gasteiger partial charge in [0.25, 0.3) is 0 Å². The number of benzene rings is 1. The molecule has 0 heterocycles. The molecular formula is C10H11F2O. The van der Waals surface area contributed by atoms with Crippen LogP contribution in [-0.4, -0.2) is 5.11 Å². The third-order valence-corrected chi connectivity index (χ3v) is 2.04. The Balaban J connectivity index is 3.10. The quantitative estimate of drug-likeness (QED) is 0.750. The summed E-state index contributed by atoms with van der Waals surface area (Å²) in [6.07, 6.45) is 0.345. The number of rotatable bonds is 2. The number of hydrogen-bond acceptors (Lipinski definition) is 1. The summed E-state index contributed by atoms with van der Waals surface area (Å²) in [7, 11) is 0. The fraction of sp³-hybridized carbons (Fsp3) is 0.300. The predicted octanol–water partition coefficient (Wildman–Crippen LogP) is 2.40. The summed E-state index contributed by atoms with van der Waals surface area (Å²) in [6.45, 7) is 5.21. The lowest BCUT2D eigenvalue weighted by Crippen LogP contribution is -2.20. The molecule has 1 nitrogen and oxygen atoms in total. The first-order valence-electron chi connectivity index (χ1n) is 4.00. The lowest BCUT2D eigenvalue weighted by Gasteiger charge is -2.21. The van der Waals surface area contributed by atoms with Gasteiger partial charge in [-0.15, -0.1) is 0 Å². The van der Waals surface area contributed by atoms with Crippen molar-refractivity contribution >= 4 is 0 Å². The zero-order chi connectivity index (χ0) is 10.1. The van der Waals surface area contributed by atoms with Crippen molar-refractivity contribution in [2.24, 2.45) is 0 Å². The third-order valence-electron chi connectivity index (χ3n) is 2.04. The molecule has 1 radical (unpaired) electrons. The van der Waals surface area contributed by atoms with Crippen molar-refractivity contribution in [3.05, 3.63) is 42.3 Å². The lowest BCUT2D eigenvalue weighted by molar-refractivity contribution is 0.0815. The minimum absolute atomic E-state index is 0.286. The molecular weight excluding hydrogens is 174 g/mol. The van der Waals surface area contributed by atoms with Crippen LogP contribution in [0.25, 0.3) is 0 Å². The number of halogens is 2. The summed E-state index contributed by atoms with van der Waals surface area (Å²) in [4.78, 5) is 0. The van der Waals surface area contributed by atoms with E-state index >= 15 is 0 Å². The molecule has 1 atom stereocenters. The topological polar surface area (TPSA) is 20.2 Å². The van der Waals surface area contributed by atoms with E-state index in [0.29, 0.717) is 6.42 Å². The highest BCUT2D eigenvalue weighted by atomic mass is 19.2. The van der Waals surface area contributed by atoms with E-state index in [4.69, 9.17) is 0 Å². The normalized spacial score (nSPS) is 15.5. The molecule has 71 valence electrons. The van der Waals surface area contributed by atoms with Gasteiger partial charge in [0.05, 0.1) is 5.60 Å². The largest absolute Gasteiger partial charge is 0.385 e. The minimum atomic E-state index is -1.34. The molecule has 0 aliphatic rings. The third kappa shape index (κ3) is 2.04. The fourth-order valence-electron chi connectivity index (χ4n) is 0.990. The van der Waals surface area contributed by atoms with E-state index in [1.165, 1.54) is 6.07 Å². The van der Waals surface area contributed by atoms with Crippen molar-refractivity contribution < 1.29 is 13.9 Å². The maximum Gasteiger partial charge on any atom is 0.159 e. The standard InChI is InChI=1S/C10H11F2O/c1-3-10(2,13)7-4-5-8(11)9(12)6-7/h4-6,13H,2-3H2,1H3. The summed E-state index contributed by atoms with van der Waals surface area (Å²) in [5, 5.41) is 9.61. The van der Waals surface area contributed by atoms with Crippen molar-refractivity contribution in [3.8, 4) is 0 Å². The van der Waals surface area contributed by atoms with Crippen molar-refractivity contribution in [1.29, 1.82) is 0 Å². The molecule has 0 aromatic heterocycles. The lowest BCUT2D eigenvalue weighted by atomic mass is 9.93. The molecule has 0 saturated carbocycles. The molecule has 1 aromatic rings. The predicted molar refractivity (Wildman–Crippen MR) is 45.9 cm³/mol. The Morgan fingerprint density at radius 2 is 2.00 bits per heavy atom. The zero-order valence-corrected chi connectivity index (χ0v) is 7.35. The first-order valence-corrected chi connectivity index (χ1v) is 4.00. The van der Waals surface area contributed by atoms with Gasteiger partial charge in [0, 0.05) is 0 Å². The van der Waals surface area contributed by atoms with Gasteiger partial charge in [-0.2, -0.15) is 0 Å². The van der Waals surface area contributed by atoms with Crippen LogP contribution < -0.4 is 0 Å². The van der Waals surface area contributed by atoms with E-state index < -0.39 is 17.2 Å². The molecule has 0 bridgehead atoms. The van der Waals surface area contributed by atoms with Gasteiger partial charge in [0.2, 0.25) is 0 Å². The van der Waals surface area contributed by atoms with E-state index in [1.807, 2.05) is 0 Å². The molecule has 0 spiro atoms. The Labute approximate surface area is 76.0 Å². The van der Waals surface area contributed by atoms with Gasteiger partial charge in [-0.1, -0.05) is 13.0 Å². The van der Waals surface area contributed by atoms with Crippen molar-refractivity contribution in [1.82, 2.24) is 0 Å². The monoisotopic (exact) mass is 185 g/mol. The highest BCUT2D eigenvalue weighted by molar-refractivity contribution is 5.24. The molecule has 1 rings (SSSR count). The van der Waals surface area contributed by atoms with E-state index in [9.17, 15) is 13.9 Å². The van der Waals surface area contributed by atoms with Gasteiger partial charge in [-0.25, -0.2) is 8.78 Å². The molecule has 1 aromatic carbocycles. The summed E-state index contributed by atoms with van der Waals surface area (Å²) in [6, 6.07) is 3.28. The second kappa shape index (κ2) is 3.42. The van der Waals surface area contributed by atoms with Crippen molar-refractivity contribution in [2.75, 3.05) is 0 Å². The van der Waals surface area contributed by atoms with Crippen LogP contribution in [0.4, 0.5) is 8.78 Å². The van der Waals surface area contributed by atoms with Gasteiger partial charge in [0.15, 0.2) is 11.6 Å². The zero-order valence-electron chi connectivity index (χ0n) is 7.35. The molecule has 1 unspecified atom stereocenters. The smallest absolute Gasteiger partial charge is 0.159 e. The summed E-state index contributed by atoms with van der Waals surface area (Å²) in [5.41, 5.74) is -1.05. The molecule has 0 saturated heterocycles. The molecule has 0 aliphatic carbocycles. The average molecular weight is 185 g/mol. The van der Waals surface area contributed by atoms with Gasteiger partial charge in [0.1, 0.15) is 0 Å². The van der Waals surface area contributed by atoms with Gasteiger partial charge in [-0.3, -0.25) is 0 Å². The van der Waals surface area contributed by atoms with Gasteiger partial charge < -0.3 is 5.11 Å². The summed E-state index contributed by atoms with van der Waals surface area (Å²) >= 11 is 0. The van der Waals surface area contributed by atoms with Gasteiger partial charge >= 0.3 is 0 Å². The first-order chi connectivity index (χ1) is 5.97. The highest BCUT2D eigenvalue weighted by Gasteiger charge is 2.21. The molecule has 1 N–H and O–H groups in total. The van der Waals surface area contributed by atoms with E-state index in [2.05, 4.69) is 6.92 Å². The van der Waals surface area contributed by atoms with Crippen LogP contribution >= 0.6 is 0 Å². The molecule has 13 heavy (non-hydrogen) atoms. The Bertz CT molecular complexity index is 308. The highest BCUT2D eigenvalue weighted by Crippen LogP contribution is 2.24. The Hall–Kier alpha value is -0.960. The SMILES string of the molecule is [CH2]C(O)(CC)c1ccc(F)c(F)c1. The molecule has 3 heteroatoms. The summed E-state index contributed by atoms with van der Waals surface area (Å²) in [5.74, 6) is -1.89. The van der Waals surface area contributed by atoms with Crippen LogP contribution in [0, 0.1) is 18.6 Å². The van der Waals surface area contributed by atoms with Gasteiger partial charge in [-0.05, 0) is 31.0 Å². The fourth-order valence-corrected chi connectivity index (χ4v) is 0.990. The maximum absolute atomic E-state index is 12.7. The second-order valence-electron chi connectivity index (χ2n) is 3.01. The van der Waals surface area contributed by atoms with Crippen molar-refractivity contribution in [2.45, 2.75) is 18.9 Å². The van der Waals surface area contributed by atoms with Crippen LogP contribution in [-0.2, 0) is 5.60 Å². The molecule has 0 fully saturated rings. The first kappa shape index (κ1) is 10.1. The Kier molecular flexibility index (Phi) is 2.66. The van der Waals surface area contributed by atoms with Crippen molar-refractivity contribution in [3.63, 3.8) is 0 Å². The second-order valence-corrected chi connectivity index (χ2v) is 3.01. The van der Waals surface area contributed by atoms with Crippen LogP contribution in [0.2, 0.25) is 0 Å². The minimum Gasteiger partial charge on any atom is -0.385 e. The summed E-state index contributed by atoms with van der Waals surface area (Å²) < 4.78 is 25.2. The average Bonchev–Trinajstić information content (AvgIpc) is 2.09. The Morgan fingerprint density at radius 3 is 2.46 bits per heavy atom. The van der Waals surface area contributed by atoms with E-state index in [-0.39, 0.29) is 5.56 Å². The Morgan fingerprint density at radius 1 is 1.38 bits per heavy atom. The van der Waals surface area contributed by atoms with E-state index in [1.54, 1.807) is 6.92 Å². The molecule has 0 aliphatic heterocycles. The van der Waals surface area contributed by atoms with Crippen LogP contribution in [0.3, 0.4) is 0 Å². The maximum atomic E-state index is 12.7.